The first kappa shape index (κ1) is 15.3. The van der Waals surface area contributed by atoms with E-state index in [0.29, 0.717) is 43.5 Å². The first-order valence-electron chi connectivity index (χ1n) is 6.98. The Morgan fingerprint density at radius 1 is 1.33 bits per heavy atom. The van der Waals surface area contributed by atoms with Gasteiger partial charge in [-0.25, -0.2) is 0 Å². The smallest absolute Gasteiger partial charge is 0.306 e. The molecule has 5 N–H and O–H groups in total. The minimum atomic E-state index is -0.908. The number of carbonyl (C=O) groups excluding carboxylic acids is 1. The van der Waals surface area contributed by atoms with E-state index in [1.807, 2.05) is 0 Å². The van der Waals surface area contributed by atoms with Crippen molar-refractivity contribution in [1.29, 1.82) is 0 Å². The van der Waals surface area contributed by atoms with E-state index in [4.69, 9.17) is 10.8 Å². The van der Waals surface area contributed by atoms with Crippen LogP contribution in [0.15, 0.2) is 24.3 Å². The number of rotatable bonds is 5. The van der Waals surface area contributed by atoms with E-state index in [1.165, 1.54) is 0 Å². The van der Waals surface area contributed by atoms with Crippen LogP contribution in [0.2, 0.25) is 0 Å². The molecule has 1 aliphatic rings. The van der Waals surface area contributed by atoms with E-state index >= 15 is 0 Å². The van der Waals surface area contributed by atoms with Crippen LogP contribution >= 0.6 is 0 Å². The van der Waals surface area contributed by atoms with Crippen molar-refractivity contribution in [2.45, 2.75) is 31.3 Å². The Hall–Kier alpha value is -2.08. The van der Waals surface area contributed by atoms with E-state index in [-0.39, 0.29) is 5.92 Å². The average molecular weight is 292 g/mol. The van der Waals surface area contributed by atoms with Crippen molar-refractivity contribution in [2.75, 3.05) is 11.9 Å². The van der Waals surface area contributed by atoms with Crippen LogP contribution < -0.4 is 11.1 Å². The molecule has 0 spiro atoms. The number of amides is 1. The lowest BCUT2D eigenvalue weighted by Crippen LogP contribution is -2.41. The fourth-order valence-electron chi connectivity index (χ4n) is 2.63. The lowest BCUT2D eigenvalue weighted by atomic mass is 9.79. The summed E-state index contributed by atoms with van der Waals surface area (Å²) in [6.45, 7) is 0.321. The number of carboxylic acid groups (broad SMARTS) is 1. The molecule has 1 aromatic rings. The van der Waals surface area contributed by atoms with Crippen LogP contribution in [0.5, 0.6) is 0 Å². The van der Waals surface area contributed by atoms with Gasteiger partial charge in [-0.1, -0.05) is 6.07 Å². The third kappa shape index (κ3) is 3.95. The topological polar surface area (TPSA) is 113 Å². The summed E-state index contributed by atoms with van der Waals surface area (Å²) in [7, 11) is 0. The predicted octanol–water partition coefficient (Wildman–Crippen LogP) is 1.20. The molecule has 6 nitrogen and oxygen atoms in total. The first-order chi connectivity index (χ1) is 9.89. The highest BCUT2D eigenvalue weighted by Gasteiger charge is 2.35. The van der Waals surface area contributed by atoms with Crippen LogP contribution in [0.4, 0.5) is 5.69 Å². The van der Waals surface area contributed by atoms with Gasteiger partial charge >= 0.3 is 5.97 Å². The Morgan fingerprint density at radius 2 is 2.00 bits per heavy atom. The van der Waals surface area contributed by atoms with E-state index in [1.54, 1.807) is 24.3 Å². The molecule has 2 rings (SSSR count). The summed E-state index contributed by atoms with van der Waals surface area (Å²) >= 11 is 0. The second kappa shape index (κ2) is 6.13. The molecule has 1 aromatic carbocycles. The van der Waals surface area contributed by atoms with Crippen molar-refractivity contribution in [2.24, 2.45) is 11.7 Å². The van der Waals surface area contributed by atoms with Crippen molar-refractivity contribution in [3.8, 4) is 0 Å². The standard InChI is InChI=1S/C15H20N2O4/c16-13(18)11-2-1-3-12(8-11)17-9-15(21)6-4-10(5-7-15)14(19)20/h1-3,8,10,17,21H,4-7,9H2,(H2,16,18)(H,19,20). The number of aliphatic hydroxyl groups is 1. The van der Waals surface area contributed by atoms with Crippen molar-refractivity contribution >= 4 is 17.6 Å². The predicted molar refractivity (Wildman–Crippen MR) is 78.0 cm³/mol. The number of hydrogen-bond acceptors (Lipinski definition) is 4. The van der Waals surface area contributed by atoms with Gasteiger partial charge in [-0.05, 0) is 43.9 Å². The third-order valence-corrected chi connectivity index (χ3v) is 4.03. The molecule has 0 unspecified atom stereocenters. The van der Waals surface area contributed by atoms with Crippen LogP contribution in [-0.4, -0.2) is 34.2 Å². The molecule has 0 aromatic heterocycles. The summed E-state index contributed by atoms with van der Waals surface area (Å²) < 4.78 is 0. The Labute approximate surface area is 123 Å². The zero-order chi connectivity index (χ0) is 15.5. The summed E-state index contributed by atoms with van der Waals surface area (Å²) in [6, 6.07) is 6.77. The number of benzene rings is 1. The summed E-state index contributed by atoms with van der Waals surface area (Å²) in [5.74, 6) is -1.65. The van der Waals surface area contributed by atoms with Crippen molar-refractivity contribution in [3.05, 3.63) is 29.8 Å². The maximum absolute atomic E-state index is 11.1. The fourth-order valence-corrected chi connectivity index (χ4v) is 2.63. The van der Waals surface area contributed by atoms with Gasteiger partial charge in [0.25, 0.3) is 0 Å². The molecular weight excluding hydrogens is 272 g/mol. The van der Waals surface area contributed by atoms with Gasteiger partial charge in [-0.3, -0.25) is 9.59 Å². The molecule has 1 amide bonds. The van der Waals surface area contributed by atoms with E-state index in [9.17, 15) is 14.7 Å². The largest absolute Gasteiger partial charge is 0.481 e. The van der Waals surface area contributed by atoms with Gasteiger partial charge in [0, 0.05) is 17.8 Å². The van der Waals surface area contributed by atoms with Crippen molar-refractivity contribution < 1.29 is 19.8 Å². The van der Waals surface area contributed by atoms with Crippen LogP contribution in [0, 0.1) is 5.92 Å². The maximum atomic E-state index is 11.1. The van der Waals surface area contributed by atoms with Gasteiger partial charge in [-0.2, -0.15) is 0 Å². The molecule has 0 radical (unpaired) electrons. The zero-order valence-corrected chi connectivity index (χ0v) is 11.7. The number of aliphatic carboxylic acids is 1. The highest BCUT2D eigenvalue weighted by Crippen LogP contribution is 2.32. The third-order valence-electron chi connectivity index (χ3n) is 4.03. The van der Waals surface area contributed by atoms with E-state index in [0.717, 1.165) is 0 Å². The number of anilines is 1. The normalized spacial score (nSPS) is 25.3. The van der Waals surface area contributed by atoms with Crippen LogP contribution in [0.1, 0.15) is 36.0 Å². The lowest BCUT2D eigenvalue weighted by Gasteiger charge is -2.35. The minimum absolute atomic E-state index is 0.321. The molecule has 114 valence electrons. The zero-order valence-electron chi connectivity index (χ0n) is 11.7. The lowest BCUT2D eigenvalue weighted by molar-refractivity contribution is -0.144. The monoisotopic (exact) mass is 292 g/mol. The SMILES string of the molecule is NC(=O)c1cccc(NCC2(O)CCC(C(=O)O)CC2)c1. The second-order valence-electron chi connectivity index (χ2n) is 5.64. The molecular formula is C15H20N2O4. The number of hydrogen-bond donors (Lipinski definition) is 4. The highest BCUT2D eigenvalue weighted by molar-refractivity contribution is 5.93. The van der Waals surface area contributed by atoms with Gasteiger partial charge in [0.2, 0.25) is 5.91 Å². The molecule has 0 atom stereocenters. The molecule has 0 aliphatic heterocycles. The molecule has 1 saturated carbocycles. The van der Waals surface area contributed by atoms with Crippen LogP contribution in [0.25, 0.3) is 0 Å². The number of carbonyl (C=O) groups is 2. The van der Waals surface area contributed by atoms with Gasteiger partial charge in [0.15, 0.2) is 0 Å². The fraction of sp³-hybridized carbons (Fsp3) is 0.467. The summed E-state index contributed by atoms with van der Waals surface area (Å²) in [4.78, 5) is 22.0. The average Bonchev–Trinajstić information content (AvgIpc) is 2.46. The number of nitrogens with one attached hydrogen (secondary N) is 1. The molecule has 1 fully saturated rings. The van der Waals surface area contributed by atoms with Gasteiger partial charge in [-0.15, -0.1) is 0 Å². The Bertz CT molecular complexity index is 536. The Kier molecular flexibility index (Phi) is 4.47. The van der Waals surface area contributed by atoms with E-state index in [2.05, 4.69) is 5.32 Å². The molecule has 6 heteroatoms. The quantitative estimate of drug-likeness (QED) is 0.651. The first-order valence-corrected chi connectivity index (χ1v) is 6.98. The van der Waals surface area contributed by atoms with Gasteiger partial charge in [0.05, 0.1) is 11.5 Å². The van der Waals surface area contributed by atoms with Crippen molar-refractivity contribution in [3.63, 3.8) is 0 Å². The van der Waals surface area contributed by atoms with Crippen molar-refractivity contribution in [1.82, 2.24) is 0 Å². The molecule has 0 bridgehead atoms. The summed E-state index contributed by atoms with van der Waals surface area (Å²) in [6.07, 6.45) is 1.86. The molecule has 21 heavy (non-hydrogen) atoms. The second-order valence-corrected chi connectivity index (χ2v) is 5.64. The molecule has 0 heterocycles. The number of carboxylic acids is 1. The van der Waals surface area contributed by atoms with E-state index < -0.39 is 17.5 Å². The summed E-state index contributed by atoms with van der Waals surface area (Å²) in [5.41, 5.74) is 5.42. The van der Waals surface area contributed by atoms with Crippen LogP contribution in [-0.2, 0) is 4.79 Å². The van der Waals surface area contributed by atoms with Gasteiger partial charge < -0.3 is 21.3 Å². The minimum Gasteiger partial charge on any atom is -0.481 e. The maximum Gasteiger partial charge on any atom is 0.306 e. The van der Waals surface area contributed by atoms with Gasteiger partial charge in [0.1, 0.15) is 0 Å². The Balaban J connectivity index is 1.92. The van der Waals surface area contributed by atoms with Crippen LogP contribution in [0.3, 0.4) is 0 Å². The molecule has 1 aliphatic carbocycles. The number of nitrogens with two attached hydrogens (primary N) is 1. The number of primary amides is 1. The molecule has 0 saturated heterocycles. The summed E-state index contributed by atoms with van der Waals surface area (Å²) in [5, 5.41) is 22.5. The highest BCUT2D eigenvalue weighted by atomic mass is 16.4. The Morgan fingerprint density at radius 3 is 2.57 bits per heavy atom.